The second kappa shape index (κ2) is 12.7. The van der Waals surface area contributed by atoms with E-state index in [2.05, 4.69) is 90.4 Å². The predicted octanol–water partition coefficient (Wildman–Crippen LogP) is 6.59. The zero-order chi connectivity index (χ0) is 38.2. The van der Waals surface area contributed by atoms with E-state index in [1.54, 1.807) is 20.3 Å². The molecule has 0 unspecified atom stereocenters. The molecule has 0 radical (unpaired) electrons. The number of methoxy groups -OCH3 is 1. The Morgan fingerprint density at radius 3 is 2.20 bits per heavy atom. The molecule has 4 bridgehead atoms. The molecule has 8 heterocycles. The number of likely N-dealkylation sites (N-methyl/N-ethyl adjacent to an activating group) is 2. The highest BCUT2D eigenvalue weighted by atomic mass is 16.7. The molecular weight excluding hydrogens is 693 g/mol. The van der Waals surface area contributed by atoms with E-state index in [9.17, 15) is 9.59 Å². The quantitative estimate of drug-likeness (QED) is 0.212. The Morgan fingerprint density at radius 1 is 0.818 bits per heavy atom. The number of esters is 1. The molecular formula is C45H54N4O6. The van der Waals surface area contributed by atoms with Crippen LogP contribution in [-0.4, -0.2) is 83.5 Å². The summed E-state index contributed by atoms with van der Waals surface area (Å²) in [7, 11) is 10.7. The van der Waals surface area contributed by atoms with Crippen LogP contribution in [0.3, 0.4) is 0 Å². The lowest BCUT2D eigenvalue weighted by Crippen LogP contribution is -2.60. The number of hydrogen-bond donors (Lipinski definition) is 0. The summed E-state index contributed by atoms with van der Waals surface area (Å²) in [5.41, 5.74) is 10.0. The zero-order valence-electron chi connectivity index (χ0n) is 33.4. The van der Waals surface area contributed by atoms with Gasteiger partial charge in [0.2, 0.25) is 6.29 Å². The molecule has 0 N–H and O–H groups in total. The minimum absolute atomic E-state index is 0.0198. The Bertz CT molecular complexity index is 2290. The van der Waals surface area contributed by atoms with Crippen LogP contribution in [0.15, 0.2) is 48.2 Å². The third-order valence-corrected chi connectivity index (χ3v) is 15.4. The maximum absolute atomic E-state index is 12.7. The highest BCUT2D eigenvalue weighted by Gasteiger charge is 2.56. The Hall–Kier alpha value is -4.12. The summed E-state index contributed by atoms with van der Waals surface area (Å²) in [5.74, 6) is 1.60. The van der Waals surface area contributed by atoms with Crippen LogP contribution in [0.1, 0.15) is 79.7 Å². The van der Waals surface area contributed by atoms with E-state index in [0.29, 0.717) is 25.2 Å². The first-order valence-corrected chi connectivity index (χ1v) is 20.3. The lowest BCUT2D eigenvalue weighted by atomic mass is 9.62. The number of fused-ring (bicyclic) bond motifs is 16. The van der Waals surface area contributed by atoms with Gasteiger partial charge in [-0.2, -0.15) is 0 Å². The van der Waals surface area contributed by atoms with Gasteiger partial charge in [0.1, 0.15) is 5.75 Å². The van der Waals surface area contributed by atoms with Crippen molar-refractivity contribution in [2.75, 3.05) is 34.4 Å². The average Bonchev–Trinajstić information content (AvgIpc) is 3.59. The molecule has 10 rings (SSSR count). The molecule has 3 saturated heterocycles. The number of benzene rings is 2. The second-order valence-corrected chi connectivity index (χ2v) is 17.6. The van der Waals surface area contributed by atoms with Crippen molar-refractivity contribution in [3.8, 4) is 5.75 Å². The Balaban J connectivity index is 1.07. The Kier molecular flexibility index (Phi) is 8.15. The van der Waals surface area contributed by atoms with Gasteiger partial charge in [0.05, 0.1) is 44.2 Å². The van der Waals surface area contributed by atoms with Crippen LogP contribution in [0.4, 0.5) is 0 Å². The van der Waals surface area contributed by atoms with Gasteiger partial charge in [0.25, 0.3) is 0 Å². The lowest BCUT2D eigenvalue weighted by Gasteiger charge is -2.57. The van der Waals surface area contributed by atoms with Crippen molar-refractivity contribution in [1.82, 2.24) is 18.9 Å². The lowest BCUT2D eigenvalue weighted by molar-refractivity contribution is -0.241. The van der Waals surface area contributed by atoms with Crippen molar-refractivity contribution in [1.29, 1.82) is 0 Å². The summed E-state index contributed by atoms with van der Waals surface area (Å²) in [6, 6.07) is 14.5. The number of piperidine rings is 2. The van der Waals surface area contributed by atoms with Crippen molar-refractivity contribution in [3.05, 3.63) is 76.3 Å². The number of rotatable bonds is 5. The van der Waals surface area contributed by atoms with E-state index in [0.717, 1.165) is 48.1 Å². The number of ketones is 1. The molecule has 11 atom stereocenters. The molecule has 4 aromatic rings. The molecule has 10 heteroatoms. The number of carbonyl (C=O) groups is 2. The minimum atomic E-state index is -0.644. The highest BCUT2D eigenvalue weighted by molar-refractivity contribution is 5.94. The third-order valence-electron chi connectivity index (χ3n) is 15.4. The number of carbonyl (C=O) groups excluding carboxylic acids is 2. The molecule has 0 amide bonds. The van der Waals surface area contributed by atoms with Gasteiger partial charge in [0.15, 0.2) is 5.78 Å². The molecule has 0 aliphatic carbocycles. The average molecular weight is 747 g/mol. The Labute approximate surface area is 323 Å². The first-order valence-electron chi connectivity index (χ1n) is 20.3. The van der Waals surface area contributed by atoms with E-state index in [1.807, 2.05) is 0 Å². The monoisotopic (exact) mass is 746 g/mol. The molecule has 55 heavy (non-hydrogen) atoms. The molecule has 6 aliphatic rings. The molecule has 6 aliphatic heterocycles. The van der Waals surface area contributed by atoms with Gasteiger partial charge >= 0.3 is 5.97 Å². The smallest absolute Gasteiger partial charge is 0.304 e. The van der Waals surface area contributed by atoms with Crippen LogP contribution < -0.4 is 4.74 Å². The largest absolute Gasteiger partial charge is 0.500 e. The summed E-state index contributed by atoms with van der Waals surface area (Å²) in [5, 5.41) is 2.63. The number of ether oxygens (including phenoxy) is 4. The van der Waals surface area contributed by atoms with Gasteiger partial charge < -0.3 is 28.1 Å². The summed E-state index contributed by atoms with van der Waals surface area (Å²) in [4.78, 5) is 30.6. The summed E-state index contributed by atoms with van der Waals surface area (Å²) in [6.45, 7) is 6.67. The van der Waals surface area contributed by atoms with Crippen LogP contribution in [0.2, 0.25) is 0 Å². The van der Waals surface area contributed by atoms with Gasteiger partial charge in [-0.05, 0) is 93.3 Å². The van der Waals surface area contributed by atoms with E-state index in [4.69, 9.17) is 18.9 Å². The highest BCUT2D eigenvalue weighted by Crippen LogP contribution is 2.57. The van der Waals surface area contributed by atoms with Crippen LogP contribution in [0.5, 0.6) is 5.75 Å². The minimum Gasteiger partial charge on any atom is -0.500 e. The number of aromatic nitrogens is 2. The second-order valence-electron chi connectivity index (χ2n) is 17.6. The van der Waals surface area contributed by atoms with Crippen LogP contribution in [-0.2, 0) is 50.7 Å². The van der Waals surface area contributed by atoms with Gasteiger partial charge in [-0.1, -0.05) is 25.1 Å². The van der Waals surface area contributed by atoms with Crippen molar-refractivity contribution in [3.63, 3.8) is 0 Å². The molecule has 3 fully saturated rings. The molecule has 290 valence electrons. The number of allylic oxidation sites excluding steroid dienone is 1. The zero-order valence-corrected chi connectivity index (χ0v) is 33.4. The molecule has 2 aromatic heterocycles. The summed E-state index contributed by atoms with van der Waals surface area (Å²) >= 11 is 0. The molecule has 2 aromatic carbocycles. The SMILES string of the molecule is COc1cc2c(cc1[C@H](C)[C@H]1[C@H](OC(C)=O)OC[C@@H]3[C@H]1C[C@H]1c4c(c5ccccc5n4C)C[C@@H]3N1C)c1c(n2C)[C@@H]2C[C@H]3C(C(C)=O)=COC[C@H]3[C@H](C1)N2C. The number of nitrogens with zero attached hydrogens (tertiary/aromatic N) is 4. The molecule has 0 saturated carbocycles. The summed E-state index contributed by atoms with van der Waals surface area (Å²) in [6.07, 6.45) is 4.82. The predicted molar refractivity (Wildman–Crippen MR) is 210 cm³/mol. The number of para-hydroxylation sites is 1. The van der Waals surface area contributed by atoms with Gasteiger partial charge in [-0.25, -0.2) is 0 Å². The topological polar surface area (TPSA) is 87.4 Å². The fourth-order valence-corrected chi connectivity index (χ4v) is 12.8. The summed E-state index contributed by atoms with van der Waals surface area (Å²) < 4.78 is 29.8. The maximum Gasteiger partial charge on any atom is 0.304 e. The van der Waals surface area contributed by atoms with Gasteiger partial charge in [-0.3, -0.25) is 19.4 Å². The number of aryl methyl sites for hydroxylation is 2. The van der Waals surface area contributed by atoms with Crippen molar-refractivity contribution < 1.29 is 28.5 Å². The first kappa shape index (κ1) is 35.3. The normalized spacial score (nSPS) is 33.1. The standard InChI is InChI=1S/C45H54N4O6/c1-22(42-29-15-40-43-30(25-11-9-10-12-35(25)48(43)6)16-37(47(40)5)34(29)21-54-45(42)55-24(3)51)26-13-28-31-17-36-33-20-53-19-32(23(2)50)27(33)14-39(46(36)4)44(31)49(7)38(28)18-41(26)52-8/h9-13,18-19,22,27,29,33-34,36-37,39-40,42,45H,14-17,20-21H2,1-8H3/t22-,27-,29+,33+,34+,36-,37-,39-,40-,42+,45-/m0/s1. The van der Waals surface area contributed by atoms with E-state index >= 15 is 0 Å². The van der Waals surface area contributed by atoms with Crippen LogP contribution >= 0.6 is 0 Å². The first-order chi connectivity index (χ1) is 26.5. The van der Waals surface area contributed by atoms with Crippen molar-refractivity contribution in [2.24, 2.45) is 43.7 Å². The maximum atomic E-state index is 12.7. The van der Waals surface area contributed by atoms with E-state index < -0.39 is 6.29 Å². The van der Waals surface area contributed by atoms with Gasteiger partial charge in [0, 0.05) is 90.2 Å². The number of Topliss-reactive ketones (excluding diaryl/α,β-unsaturated/α-hetero) is 1. The van der Waals surface area contributed by atoms with Crippen molar-refractivity contribution in [2.45, 2.75) is 82.8 Å². The fraction of sp³-hybridized carbons (Fsp3) is 0.556. The van der Waals surface area contributed by atoms with E-state index in [1.165, 1.54) is 45.7 Å². The van der Waals surface area contributed by atoms with Gasteiger partial charge in [-0.15, -0.1) is 0 Å². The Morgan fingerprint density at radius 2 is 1.49 bits per heavy atom. The van der Waals surface area contributed by atoms with E-state index in [-0.39, 0.29) is 59.5 Å². The molecule has 10 nitrogen and oxygen atoms in total. The van der Waals surface area contributed by atoms with Crippen molar-refractivity contribution >= 4 is 33.6 Å². The van der Waals surface area contributed by atoms with Crippen LogP contribution in [0.25, 0.3) is 21.8 Å². The third kappa shape index (κ3) is 4.96. The van der Waals surface area contributed by atoms with Crippen LogP contribution in [0, 0.1) is 29.6 Å². The fourth-order valence-electron chi connectivity index (χ4n) is 12.8. The number of hydrogen-bond acceptors (Lipinski definition) is 8. The molecule has 0 spiro atoms.